The van der Waals surface area contributed by atoms with Gasteiger partial charge in [0.05, 0.1) is 17.7 Å². The molecule has 0 bridgehead atoms. The Kier molecular flexibility index (Phi) is 6.09. The lowest BCUT2D eigenvalue weighted by Crippen LogP contribution is -2.09. The van der Waals surface area contributed by atoms with Gasteiger partial charge in [-0.15, -0.1) is 16.4 Å². The van der Waals surface area contributed by atoms with E-state index in [2.05, 4.69) is 10.1 Å². The second kappa shape index (κ2) is 9.11. The molecule has 4 rings (SSSR count). The number of esters is 1. The summed E-state index contributed by atoms with van der Waals surface area (Å²) in [6.07, 6.45) is 0. The summed E-state index contributed by atoms with van der Waals surface area (Å²) < 4.78 is 25.5. The third kappa shape index (κ3) is 4.42. The Balaban J connectivity index is 1.62. The summed E-state index contributed by atoms with van der Waals surface area (Å²) in [6.45, 7) is 1.33. The van der Waals surface area contributed by atoms with Crippen LogP contribution in [0.4, 0.5) is 4.39 Å². The topological polar surface area (TPSA) is 83.3 Å². The van der Waals surface area contributed by atoms with Gasteiger partial charge in [0.2, 0.25) is 0 Å². The van der Waals surface area contributed by atoms with Gasteiger partial charge in [0, 0.05) is 11.1 Å². The first-order valence-corrected chi connectivity index (χ1v) is 10.5. The number of methoxy groups -OCH3 is 1. The van der Waals surface area contributed by atoms with Crippen molar-refractivity contribution in [3.63, 3.8) is 0 Å². The van der Waals surface area contributed by atoms with Crippen molar-refractivity contribution in [2.45, 2.75) is 13.5 Å². The summed E-state index contributed by atoms with van der Waals surface area (Å²) >= 11 is 1.43. The van der Waals surface area contributed by atoms with Crippen molar-refractivity contribution in [3.05, 3.63) is 82.7 Å². The third-order valence-corrected chi connectivity index (χ3v) is 5.51. The predicted octanol–water partition coefficient (Wildman–Crippen LogP) is 4.70. The molecule has 0 atom stereocenters. The van der Waals surface area contributed by atoms with Crippen LogP contribution in [0.3, 0.4) is 0 Å². The number of aromatic nitrogens is 3. The van der Waals surface area contributed by atoms with Crippen molar-refractivity contribution < 1.29 is 23.5 Å². The minimum atomic E-state index is -0.737. The highest BCUT2D eigenvalue weighted by molar-refractivity contribution is 7.13. The largest absolute Gasteiger partial charge is 0.496 e. The van der Waals surface area contributed by atoms with Crippen LogP contribution >= 0.6 is 11.3 Å². The fourth-order valence-electron chi connectivity index (χ4n) is 3.04. The van der Waals surface area contributed by atoms with Gasteiger partial charge in [0.25, 0.3) is 5.82 Å². The van der Waals surface area contributed by atoms with Gasteiger partial charge in [-0.3, -0.25) is 4.79 Å². The van der Waals surface area contributed by atoms with E-state index in [4.69, 9.17) is 9.47 Å². The zero-order valence-corrected chi connectivity index (χ0v) is 18.1. The van der Waals surface area contributed by atoms with E-state index in [1.807, 2.05) is 17.5 Å². The zero-order valence-electron chi connectivity index (χ0n) is 17.2. The number of nitrogens with zero attached hydrogens (tertiary/aromatic N) is 3. The van der Waals surface area contributed by atoms with Gasteiger partial charge < -0.3 is 9.47 Å². The summed E-state index contributed by atoms with van der Waals surface area (Å²) in [6, 6.07) is 14.3. The third-order valence-electron chi connectivity index (χ3n) is 4.65. The minimum Gasteiger partial charge on any atom is -0.496 e. The first-order valence-electron chi connectivity index (χ1n) is 9.58. The standard InChI is InChI=1S/C23H18FN3O4S/c1-14(28)15-5-10-19(30-2)16(12-15)13-31-23(29)21-25-22(20-4-3-11-32-20)27(26-21)18-8-6-17(24)7-9-18/h3-12H,13H2,1-2H3. The van der Waals surface area contributed by atoms with Crippen molar-refractivity contribution in [2.75, 3.05) is 7.11 Å². The van der Waals surface area contributed by atoms with Crippen LogP contribution in [0.25, 0.3) is 16.4 Å². The highest BCUT2D eigenvalue weighted by Crippen LogP contribution is 2.26. The maximum atomic E-state index is 13.4. The molecule has 4 aromatic rings. The zero-order chi connectivity index (χ0) is 22.7. The molecular weight excluding hydrogens is 433 g/mol. The van der Waals surface area contributed by atoms with Crippen molar-refractivity contribution in [3.8, 4) is 22.1 Å². The lowest BCUT2D eigenvalue weighted by atomic mass is 10.1. The van der Waals surface area contributed by atoms with Crippen molar-refractivity contribution in [1.82, 2.24) is 14.8 Å². The molecule has 2 heterocycles. The van der Waals surface area contributed by atoms with Crippen LogP contribution in [0.5, 0.6) is 5.75 Å². The summed E-state index contributed by atoms with van der Waals surface area (Å²) in [4.78, 5) is 29.6. The molecule has 0 aliphatic rings. The van der Waals surface area contributed by atoms with Gasteiger partial charge in [0.15, 0.2) is 11.6 Å². The lowest BCUT2D eigenvalue weighted by Gasteiger charge is -2.10. The number of carbonyl (C=O) groups excluding carboxylic acids is 2. The molecule has 7 nitrogen and oxygen atoms in total. The van der Waals surface area contributed by atoms with Gasteiger partial charge in [-0.2, -0.15) is 4.98 Å². The highest BCUT2D eigenvalue weighted by Gasteiger charge is 2.21. The fraction of sp³-hybridized carbons (Fsp3) is 0.130. The van der Waals surface area contributed by atoms with Gasteiger partial charge in [-0.1, -0.05) is 6.07 Å². The Morgan fingerprint density at radius 1 is 1.12 bits per heavy atom. The van der Waals surface area contributed by atoms with E-state index in [0.717, 1.165) is 4.88 Å². The monoisotopic (exact) mass is 451 g/mol. The smallest absolute Gasteiger partial charge is 0.378 e. The van der Waals surface area contributed by atoms with E-state index in [1.54, 1.807) is 30.3 Å². The number of Topliss-reactive ketones (excluding diaryl/α,β-unsaturated/α-hetero) is 1. The first kappa shape index (κ1) is 21.4. The number of hydrogen-bond donors (Lipinski definition) is 0. The Labute approximate surface area is 187 Å². The number of ether oxygens (including phenoxy) is 2. The van der Waals surface area contributed by atoms with Crippen LogP contribution in [-0.2, 0) is 11.3 Å². The molecule has 0 spiro atoms. The summed E-state index contributed by atoms with van der Waals surface area (Å²) in [5.74, 6) is -0.437. The van der Waals surface area contributed by atoms with E-state index < -0.39 is 5.97 Å². The van der Waals surface area contributed by atoms with E-state index in [-0.39, 0.29) is 24.0 Å². The SMILES string of the molecule is COc1ccc(C(C)=O)cc1COC(=O)c1nc(-c2cccs2)n(-c2ccc(F)cc2)n1. The van der Waals surface area contributed by atoms with E-state index >= 15 is 0 Å². The molecule has 0 aliphatic carbocycles. The van der Waals surface area contributed by atoms with Crippen LogP contribution in [0.1, 0.15) is 33.5 Å². The molecular formula is C23H18FN3O4S. The Morgan fingerprint density at radius 2 is 1.91 bits per heavy atom. The number of hydrogen-bond acceptors (Lipinski definition) is 7. The van der Waals surface area contributed by atoms with E-state index in [9.17, 15) is 14.0 Å². The minimum absolute atomic E-state index is 0.111. The molecule has 0 saturated heterocycles. The fourth-order valence-corrected chi connectivity index (χ4v) is 3.74. The molecule has 0 radical (unpaired) electrons. The van der Waals surface area contributed by atoms with Gasteiger partial charge in [-0.05, 0) is 60.8 Å². The second-order valence-corrected chi connectivity index (χ2v) is 7.73. The van der Waals surface area contributed by atoms with E-state index in [1.165, 1.54) is 42.2 Å². The average Bonchev–Trinajstić information content (AvgIpc) is 3.47. The Hall–Kier alpha value is -3.85. The highest BCUT2D eigenvalue weighted by atomic mass is 32.1. The van der Waals surface area contributed by atoms with Crippen LogP contribution in [-0.4, -0.2) is 33.6 Å². The predicted molar refractivity (Wildman–Crippen MR) is 117 cm³/mol. The summed E-state index contributed by atoms with van der Waals surface area (Å²) in [5, 5.41) is 6.18. The lowest BCUT2D eigenvalue weighted by molar-refractivity contribution is 0.0456. The van der Waals surface area contributed by atoms with Crippen molar-refractivity contribution >= 4 is 23.1 Å². The second-order valence-electron chi connectivity index (χ2n) is 6.78. The quantitative estimate of drug-likeness (QED) is 0.299. The average molecular weight is 451 g/mol. The maximum Gasteiger partial charge on any atom is 0.378 e. The molecule has 0 saturated carbocycles. The molecule has 32 heavy (non-hydrogen) atoms. The number of carbonyl (C=O) groups is 2. The number of ketones is 1. The van der Waals surface area contributed by atoms with Gasteiger partial charge >= 0.3 is 5.97 Å². The van der Waals surface area contributed by atoms with Crippen LogP contribution in [0.15, 0.2) is 60.0 Å². The number of rotatable bonds is 7. The van der Waals surface area contributed by atoms with Gasteiger partial charge in [0.1, 0.15) is 18.2 Å². The number of halogens is 1. The number of thiophene rings is 1. The normalized spacial score (nSPS) is 10.7. The summed E-state index contributed by atoms with van der Waals surface area (Å²) in [7, 11) is 1.49. The molecule has 9 heteroatoms. The molecule has 0 fully saturated rings. The van der Waals surface area contributed by atoms with Gasteiger partial charge in [-0.25, -0.2) is 13.9 Å². The molecule has 0 unspecified atom stereocenters. The maximum absolute atomic E-state index is 13.4. The Bertz CT molecular complexity index is 1270. The molecule has 0 aliphatic heterocycles. The molecule has 0 N–H and O–H groups in total. The van der Waals surface area contributed by atoms with Crippen LogP contribution in [0.2, 0.25) is 0 Å². The van der Waals surface area contributed by atoms with Crippen molar-refractivity contribution in [2.24, 2.45) is 0 Å². The van der Waals surface area contributed by atoms with Crippen LogP contribution < -0.4 is 4.74 Å². The van der Waals surface area contributed by atoms with Crippen LogP contribution in [0, 0.1) is 5.82 Å². The van der Waals surface area contributed by atoms with Crippen molar-refractivity contribution in [1.29, 1.82) is 0 Å². The molecule has 162 valence electrons. The number of benzene rings is 2. The Morgan fingerprint density at radius 3 is 2.56 bits per heavy atom. The molecule has 2 aromatic heterocycles. The van der Waals surface area contributed by atoms with E-state index in [0.29, 0.717) is 28.4 Å². The molecule has 0 amide bonds. The summed E-state index contributed by atoms with van der Waals surface area (Å²) in [5.41, 5.74) is 1.58. The molecule has 2 aromatic carbocycles. The first-order chi connectivity index (χ1) is 15.5.